The van der Waals surface area contributed by atoms with Crippen LogP contribution in [0.1, 0.15) is 54.4 Å². The van der Waals surface area contributed by atoms with Gasteiger partial charge in [0.05, 0.1) is 0 Å². The number of amides is 1. The Labute approximate surface area is 118 Å². The highest BCUT2D eigenvalue weighted by atomic mass is 16.6. The van der Waals surface area contributed by atoms with Crippen molar-refractivity contribution in [3.05, 3.63) is 0 Å². The molecule has 0 bridgehead atoms. The highest BCUT2D eigenvalue weighted by Gasteiger charge is 2.32. The molecule has 1 heterocycles. The lowest BCUT2D eigenvalue weighted by atomic mass is 9.97. The molecule has 112 valence electrons. The average Bonchev–Trinajstić information content (AvgIpc) is 2.24. The zero-order chi connectivity index (χ0) is 14.8. The summed E-state index contributed by atoms with van der Waals surface area (Å²) >= 11 is 0. The first kappa shape index (κ1) is 16.3. The van der Waals surface area contributed by atoms with Gasteiger partial charge in [0, 0.05) is 25.2 Å². The standard InChI is InChI=1S/C15H30N2O2/c1-14(2,3)17-10-8-9-12(11-17)16(7)13(18)19-15(4,5)6/h12H,8-11H2,1-7H3. The van der Waals surface area contributed by atoms with Crippen LogP contribution in [0.15, 0.2) is 0 Å². The van der Waals surface area contributed by atoms with E-state index in [4.69, 9.17) is 4.74 Å². The Morgan fingerprint density at radius 2 is 1.79 bits per heavy atom. The Morgan fingerprint density at radius 3 is 2.26 bits per heavy atom. The maximum Gasteiger partial charge on any atom is 0.410 e. The van der Waals surface area contributed by atoms with Gasteiger partial charge in [0.25, 0.3) is 0 Å². The molecule has 0 aromatic rings. The predicted octanol–water partition coefficient (Wildman–Crippen LogP) is 3.12. The molecule has 0 saturated carbocycles. The second-order valence-electron chi connectivity index (χ2n) is 7.50. The summed E-state index contributed by atoms with van der Waals surface area (Å²) in [6.07, 6.45) is 1.98. The summed E-state index contributed by atoms with van der Waals surface area (Å²) in [6.45, 7) is 14.4. The third-order valence-electron chi connectivity index (χ3n) is 3.57. The van der Waals surface area contributed by atoms with Crippen molar-refractivity contribution in [2.45, 2.75) is 71.6 Å². The predicted molar refractivity (Wildman–Crippen MR) is 78.3 cm³/mol. The smallest absolute Gasteiger partial charge is 0.410 e. The number of likely N-dealkylation sites (tertiary alicyclic amines) is 1. The van der Waals surface area contributed by atoms with E-state index in [1.54, 1.807) is 4.90 Å². The van der Waals surface area contributed by atoms with Gasteiger partial charge in [-0.05, 0) is 60.9 Å². The lowest BCUT2D eigenvalue weighted by Gasteiger charge is -2.44. The van der Waals surface area contributed by atoms with Crippen molar-refractivity contribution in [2.24, 2.45) is 0 Å². The number of carbonyl (C=O) groups excluding carboxylic acids is 1. The Morgan fingerprint density at radius 1 is 1.21 bits per heavy atom. The number of carbonyl (C=O) groups is 1. The van der Waals surface area contributed by atoms with Crippen molar-refractivity contribution in [3.8, 4) is 0 Å². The van der Waals surface area contributed by atoms with Crippen molar-refractivity contribution < 1.29 is 9.53 Å². The minimum absolute atomic E-state index is 0.160. The van der Waals surface area contributed by atoms with Crippen LogP contribution in [0, 0.1) is 0 Å². The third kappa shape index (κ3) is 5.01. The summed E-state index contributed by atoms with van der Waals surface area (Å²) in [5, 5.41) is 0. The van der Waals surface area contributed by atoms with E-state index in [0.29, 0.717) is 0 Å². The summed E-state index contributed by atoms with van der Waals surface area (Å²) in [4.78, 5) is 16.3. The molecule has 1 fully saturated rings. The van der Waals surface area contributed by atoms with Gasteiger partial charge < -0.3 is 9.64 Å². The zero-order valence-electron chi connectivity index (χ0n) is 13.6. The van der Waals surface area contributed by atoms with Gasteiger partial charge >= 0.3 is 6.09 Å². The molecule has 0 spiro atoms. The number of nitrogens with zero attached hydrogens (tertiary/aromatic N) is 2. The van der Waals surface area contributed by atoms with Crippen molar-refractivity contribution in [3.63, 3.8) is 0 Å². The van der Waals surface area contributed by atoms with Crippen LogP contribution in [0.25, 0.3) is 0 Å². The molecule has 0 aromatic carbocycles. The monoisotopic (exact) mass is 270 g/mol. The third-order valence-corrected chi connectivity index (χ3v) is 3.57. The van der Waals surface area contributed by atoms with Gasteiger partial charge in [0.15, 0.2) is 0 Å². The van der Waals surface area contributed by atoms with Crippen LogP contribution in [0.5, 0.6) is 0 Å². The zero-order valence-corrected chi connectivity index (χ0v) is 13.6. The van der Waals surface area contributed by atoms with E-state index in [2.05, 4.69) is 25.7 Å². The fraction of sp³-hybridized carbons (Fsp3) is 0.933. The fourth-order valence-corrected chi connectivity index (χ4v) is 2.36. The minimum atomic E-state index is -0.427. The number of rotatable bonds is 1. The molecule has 4 heteroatoms. The van der Waals surface area contributed by atoms with Gasteiger partial charge in [-0.25, -0.2) is 4.79 Å². The highest BCUT2D eigenvalue weighted by Crippen LogP contribution is 2.23. The largest absolute Gasteiger partial charge is 0.444 e. The Hall–Kier alpha value is -0.770. The summed E-state index contributed by atoms with van der Waals surface area (Å²) in [5.74, 6) is 0. The van der Waals surface area contributed by atoms with Crippen LogP contribution in [-0.2, 0) is 4.74 Å². The number of hydrogen-bond donors (Lipinski definition) is 0. The molecular formula is C15H30N2O2. The van der Waals surface area contributed by atoms with Crippen LogP contribution < -0.4 is 0 Å². The molecule has 19 heavy (non-hydrogen) atoms. The second kappa shape index (κ2) is 5.70. The molecule has 1 atom stereocenters. The Balaban J connectivity index is 2.62. The van der Waals surface area contributed by atoms with Crippen LogP contribution in [0.4, 0.5) is 4.79 Å². The molecule has 0 aromatic heterocycles. The molecule has 1 aliphatic rings. The Kier molecular flexibility index (Phi) is 4.88. The van der Waals surface area contributed by atoms with E-state index in [1.807, 2.05) is 27.8 Å². The number of piperidine rings is 1. The molecule has 1 amide bonds. The first-order valence-corrected chi connectivity index (χ1v) is 7.21. The average molecular weight is 270 g/mol. The molecule has 4 nitrogen and oxygen atoms in total. The molecule has 1 unspecified atom stereocenters. The van der Waals surface area contributed by atoms with Crippen molar-refractivity contribution in [1.29, 1.82) is 0 Å². The van der Waals surface area contributed by atoms with Crippen LogP contribution in [0.2, 0.25) is 0 Å². The maximum atomic E-state index is 12.1. The quantitative estimate of drug-likeness (QED) is 0.734. The van der Waals surface area contributed by atoms with E-state index in [1.165, 1.54) is 0 Å². The van der Waals surface area contributed by atoms with Gasteiger partial charge in [0.1, 0.15) is 5.60 Å². The lowest BCUT2D eigenvalue weighted by molar-refractivity contribution is 0.00428. The highest BCUT2D eigenvalue weighted by molar-refractivity contribution is 5.68. The molecule has 0 radical (unpaired) electrons. The normalized spacial score (nSPS) is 22.2. The van der Waals surface area contributed by atoms with Gasteiger partial charge in [-0.3, -0.25) is 4.90 Å². The molecule has 0 N–H and O–H groups in total. The fourth-order valence-electron chi connectivity index (χ4n) is 2.36. The van der Waals surface area contributed by atoms with Crippen molar-refractivity contribution in [1.82, 2.24) is 9.80 Å². The summed E-state index contributed by atoms with van der Waals surface area (Å²) in [6, 6.07) is 0.253. The van der Waals surface area contributed by atoms with Gasteiger partial charge in [-0.15, -0.1) is 0 Å². The van der Waals surface area contributed by atoms with Gasteiger partial charge in [-0.1, -0.05) is 0 Å². The van der Waals surface area contributed by atoms with Gasteiger partial charge in [-0.2, -0.15) is 0 Å². The van der Waals surface area contributed by atoms with E-state index in [9.17, 15) is 4.79 Å². The molecular weight excluding hydrogens is 240 g/mol. The van der Waals surface area contributed by atoms with Gasteiger partial charge in [0.2, 0.25) is 0 Å². The topological polar surface area (TPSA) is 32.8 Å². The SMILES string of the molecule is CN(C(=O)OC(C)(C)C)C1CCCN(C(C)(C)C)C1. The number of likely N-dealkylation sites (N-methyl/N-ethyl adjacent to an activating group) is 1. The lowest BCUT2D eigenvalue weighted by Crippen LogP contribution is -2.54. The first-order valence-electron chi connectivity index (χ1n) is 7.21. The summed E-state index contributed by atoms with van der Waals surface area (Å²) < 4.78 is 5.44. The van der Waals surface area contributed by atoms with Crippen molar-refractivity contribution >= 4 is 6.09 Å². The second-order valence-corrected chi connectivity index (χ2v) is 7.50. The van der Waals surface area contributed by atoms with E-state index in [0.717, 1.165) is 25.9 Å². The molecule has 0 aliphatic carbocycles. The summed E-state index contributed by atoms with van der Waals surface area (Å²) in [5.41, 5.74) is -0.267. The minimum Gasteiger partial charge on any atom is -0.444 e. The van der Waals surface area contributed by atoms with E-state index in [-0.39, 0.29) is 17.7 Å². The van der Waals surface area contributed by atoms with Crippen LogP contribution >= 0.6 is 0 Å². The van der Waals surface area contributed by atoms with E-state index < -0.39 is 5.60 Å². The van der Waals surface area contributed by atoms with Crippen LogP contribution in [0.3, 0.4) is 0 Å². The maximum absolute atomic E-state index is 12.1. The van der Waals surface area contributed by atoms with E-state index >= 15 is 0 Å². The molecule has 1 aliphatic heterocycles. The Bertz CT molecular complexity index is 315. The number of hydrogen-bond acceptors (Lipinski definition) is 3. The summed E-state index contributed by atoms with van der Waals surface area (Å²) in [7, 11) is 1.85. The van der Waals surface area contributed by atoms with Crippen LogP contribution in [-0.4, -0.2) is 53.2 Å². The molecule has 1 rings (SSSR count). The van der Waals surface area contributed by atoms with Crippen molar-refractivity contribution in [2.75, 3.05) is 20.1 Å². The first-order chi connectivity index (χ1) is 8.50. The molecule has 1 saturated heterocycles. The number of ether oxygens (including phenoxy) is 1.